The monoisotopic (exact) mass is 310 g/mol. The third-order valence-corrected chi connectivity index (χ3v) is 2.81. The van der Waals surface area contributed by atoms with Gasteiger partial charge in [0.2, 0.25) is 0 Å². The number of hydrogen-bond acceptors (Lipinski definition) is 4. The molecule has 1 aromatic carbocycles. The van der Waals surface area contributed by atoms with Gasteiger partial charge in [-0.3, -0.25) is 4.79 Å². The van der Waals surface area contributed by atoms with Crippen molar-refractivity contribution in [3.05, 3.63) is 46.3 Å². The molecule has 1 aromatic heterocycles. The van der Waals surface area contributed by atoms with Crippen molar-refractivity contribution in [3.8, 4) is 5.75 Å². The Labute approximate surface area is 112 Å². The van der Waals surface area contributed by atoms with Gasteiger partial charge in [-0.25, -0.2) is 0 Å². The van der Waals surface area contributed by atoms with Crippen LogP contribution in [0.2, 0.25) is 0 Å². The molecule has 0 saturated heterocycles. The summed E-state index contributed by atoms with van der Waals surface area (Å²) in [6, 6.07) is 6.94. The lowest BCUT2D eigenvalue weighted by molar-refractivity contribution is 0.0944. The second-order valence-corrected chi connectivity index (χ2v) is 4.42. The lowest BCUT2D eigenvalue weighted by Gasteiger charge is -2.08. The Morgan fingerprint density at radius 3 is 3.00 bits per heavy atom. The average molecular weight is 311 g/mol. The minimum absolute atomic E-state index is 0.232. The number of halogens is 1. The van der Waals surface area contributed by atoms with Crippen LogP contribution in [-0.4, -0.2) is 18.2 Å². The van der Waals surface area contributed by atoms with Gasteiger partial charge in [-0.2, -0.15) is 0 Å². The van der Waals surface area contributed by atoms with Gasteiger partial charge < -0.3 is 14.6 Å². The number of ether oxygens (including phenoxy) is 1. The van der Waals surface area contributed by atoms with Crippen molar-refractivity contribution in [2.45, 2.75) is 6.54 Å². The summed E-state index contributed by atoms with van der Waals surface area (Å²) in [6.07, 6.45) is 1.53. The summed E-state index contributed by atoms with van der Waals surface area (Å²) in [4.78, 5) is 12.0. The first-order valence-electron chi connectivity index (χ1n) is 5.22. The van der Waals surface area contributed by atoms with Crippen LogP contribution in [0.4, 0.5) is 0 Å². The second-order valence-electron chi connectivity index (χ2n) is 3.51. The molecule has 1 amide bonds. The molecule has 18 heavy (non-hydrogen) atoms. The fourth-order valence-corrected chi connectivity index (χ4v) is 1.81. The fraction of sp³-hybridized carbons (Fsp3) is 0.167. The van der Waals surface area contributed by atoms with E-state index < -0.39 is 0 Å². The SMILES string of the molecule is COc1ccc(Br)cc1C(=O)NCc1ccno1. The van der Waals surface area contributed by atoms with Crippen molar-refractivity contribution in [1.29, 1.82) is 0 Å². The first-order chi connectivity index (χ1) is 8.70. The molecule has 2 aromatic rings. The molecule has 0 atom stereocenters. The van der Waals surface area contributed by atoms with E-state index in [0.29, 0.717) is 17.1 Å². The highest BCUT2D eigenvalue weighted by atomic mass is 79.9. The van der Waals surface area contributed by atoms with Gasteiger partial charge in [-0.05, 0) is 18.2 Å². The third kappa shape index (κ3) is 2.89. The normalized spacial score (nSPS) is 10.1. The Kier molecular flexibility index (Phi) is 3.99. The lowest BCUT2D eigenvalue weighted by Crippen LogP contribution is -2.23. The zero-order valence-corrected chi connectivity index (χ0v) is 11.2. The summed E-state index contributed by atoms with van der Waals surface area (Å²) in [7, 11) is 1.52. The molecule has 94 valence electrons. The number of amides is 1. The summed E-state index contributed by atoms with van der Waals surface area (Å²) >= 11 is 3.32. The molecule has 1 N–H and O–H groups in total. The highest BCUT2D eigenvalue weighted by molar-refractivity contribution is 9.10. The van der Waals surface area contributed by atoms with Crippen LogP contribution >= 0.6 is 15.9 Å². The molecule has 0 bridgehead atoms. The molecule has 0 aliphatic heterocycles. The van der Waals surface area contributed by atoms with Crippen LogP contribution in [0, 0.1) is 0 Å². The number of nitrogens with zero attached hydrogens (tertiary/aromatic N) is 1. The Balaban J connectivity index is 2.10. The predicted octanol–water partition coefficient (Wildman–Crippen LogP) is 2.38. The van der Waals surface area contributed by atoms with E-state index in [1.807, 2.05) is 6.07 Å². The fourth-order valence-electron chi connectivity index (χ4n) is 1.45. The predicted molar refractivity (Wildman–Crippen MR) is 68.4 cm³/mol. The summed E-state index contributed by atoms with van der Waals surface area (Å²) in [5, 5.41) is 6.29. The summed E-state index contributed by atoms with van der Waals surface area (Å²) in [6.45, 7) is 0.286. The standard InChI is InChI=1S/C12H11BrN2O3/c1-17-11-3-2-8(13)6-10(11)12(16)14-7-9-4-5-15-18-9/h2-6H,7H2,1H3,(H,14,16). The van der Waals surface area contributed by atoms with Gasteiger partial charge in [0.05, 0.1) is 25.4 Å². The number of benzene rings is 1. The molecule has 0 saturated carbocycles. The topological polar surface area (TPSA) is 64.4 Å². The largest absolute Gasteiger partial charge is 0.496 e. The van der Waals surface area contributed by atoms with E-state index in [1.54, 1.807) is 18.2 Å². The highest BCUT2D eigenvalue weighted by Crippen LogP contribution is 2.22. The van der Waals surface area contributed by atoms with E-state index in [-0.39, 0.29) is 12.5 Å². The van der Waals surface area contributed by atoms with Crippen LogP contribution in [0.15, 0.2) is 39.5 Å². The van der Waals surface area contributed by atoms with Crippen molar-refractivity contribution in [3.63, 3.8) is 0 Å². The third-order valence-electron chi connectivity index (χ3n) is 2.32. The molecule has 6 heteroatoms. The Morgan fingerprint density at radius 1 is 1.50 bits per heavy atom. The summed E-state index contributed by atoms with van der Waals surface area (Å²) in [5.74, 6) is 0.884. The van der Waals surface area contributed by atoms with E-state index in [2.05, 4.69) is 26.4 Å². The van der Waals surface area contributed by atoms with Crippen LogP contribution in [0.3, 0.4) is 0 Å². The molecule has 0 aliphatic rings. The number of rotatable bonds is 4. The van der Waals surface area contributed by atoms with Crippen molar-refractivity contribution in [2.24, 2.45) is 0 Å². The molecular weight excluding hydrogens is 300 g/mol. The molecule has 0 aliphatic carbocycles. The van der Waals surface area contributed by atoms with E-state index in [9.17, 15) is 4.79 Å². The summed E-state index contributed by atoms with van der Waals surface area (Å²) < 4.78 is 10.8. The first kappa shape index (κ1) is 12.6. The van der Waals surface area contributed by atoms with Gasteiger partial charge in [0.1, 0.15) is 5.75 Å². The minimum Gasteiger partial charge on any atom is -0.496 e. The van der Waals surface area contributed by atoms with Crippen molar-refractivity contribution < 1.29 is 14.1 Å². The van der Waals surface area contributed by atoms with E-state index in [1.165, 1.54) is 13.3 Å². The number of hydrogen-bond donors (Lipinski definition) is 1. The highest BCUT2D eigenvalue weighted by Gasteiger charge is 2.12. The molecule has 0 spiro atoms. The van der Waals surface area contributed by atoms with E-state index in [4.69, 9.17) is 9.26 Å². The lowest BCUT2D eigenvalue weighted by atomic mass is 10.2. The maximum Gasteiger partial charge on any atom is 0.255 e. The van der Waals surface area contributed by atoms with E-state index >= 15 is 0 Å². The zero-order valence-electron chi connectivity index (χ0n) is 9.64. The number of nitrogens with one attached hydrogen (secondary N) is 1. The Bertz CT molecular complexity index is 540. The average Bonchev–Trinajstić information content (AvgIpc) is 2.89. The van der Waals surface area contributed by atoms with Gasteiger partial charge >= 0.3 is 0 Å². The van der Waals surface area contributed by atoms with Gasteiger partial charge in [0.25, 0.3) is 5.91 Å². The summed E-state index contributed by atoms with van der Waals surface area (Å²) in [5.41, 5.74) is 0.464. The number of aromatic nitrogens is 1. The van der Waals surface area contributed by atoms with Crippen LogP contribution < -0.4 is 10.1 Å². The molecule has 0 unspecified atom stereocenters. The molecule has 2 rings (SSSR count). The van der Waals surface area contributed by atoms with Crippen LogP contribution in [-0.2, 0) is 6.54 Å². The van der Waals surface area contributed by atoms with Gasteiger partial charge in [-0.1, -0.05) is 21.1 Å². The quantitative estimate of drug-likeness (QED) is 0.941. The first-order valence-corrected chi connectivity index (χ1v) is 6.01. The molecule has 0 fully saturated rings. The van der Waals surface area contributed by atoms with Crippen LogP contribution in [0.1, 0.15) is 16.1 Å². The Morgan fingerprint density at radius 2 is 2.33 bits per heavy atom. The van der Waals surface area contributed by atoms with Gasteiger partial charge in [0, 0.05) is 10.5 Å². The van der Waals surface area contributed by atoms with Crippen molar-refractivity contribution in [2.75, 3.05) is 7.11 Å². The minimum atomic E-state index is -0.232. The van der Waals surface area contributed by atoms with E-state index in [0.717, 1.165) is 4.47 Å². The zero-order chi connectivity index (χ0) is 13.0. The van der Waals surface area contributed by atoms with Gasteiger partial charge in [-0.15, -0.1) is 0 Å². The second kappa shape index (κ2) is 5.68. The smallest absolute Gasteiger partial charge is 0.255 e. The number of carbonyl (C=O) groups excluding carboxylic acids is 1. The van der Waals surface area contributed by atoms with Gasteiger partial charge in [0.15, 0.2) is 5.76 Å². The number of carbonyl (C=O) groups is 1. The molecule has 0 radical (unpaired) electrons. The number of methoxy groups -OCH3 is 1. The van der Waals surface area contributed by atoms with Crippen molar-refractivity contribution >= 4 is 21.8 Å². The van der Waals surface area contributed by atoms with Crippen LogP contribution in [0.25, 0.3) is 0 Å². The maximum atomic E-state index is 12.0. The maximum absolute atomic E-state index is 12.0. The molecule has 1 heterocycles. The molecule has 5 nitrogen and oxygen atoms in total. The van der Waals surface area contributed by atoms with Crippen molar-refractivity contribution in [1.82, 2.24) is 10.5 Å². The van der Waals surface area contributed by atoms with Crippen LogP contribution in [0.5, 0.6) is 5.75 Å². The molecular formula is C12H11BrN2O3. The Hall–Kier alpha value is -1.82.